The van der Waals surface area contributed by atoms with Gasteiger partial charge < -0.3 is 15.5 Å². The van der Waals surface area contributed by atoms with Crippen LogP contribution in [0.25, 0.3) is 0 Å². The molecule has 5 nitrogen and oxygen atoms in total. The first-order valence-electron chi connectivity index (χ1n) is 9.89. The van der Waals surface area contributed by atoms with Crippen LogP contribution in [0.5, 0.6) is 0 Å². The molecule has 0 fully saturated rings. The highest BCUT2D eigenvalue weighted by Gasteiger charge is 2.17. The number of halogens is 2. The Balaban J connectivity index is 1.51. The van der Waals surface area contributed by atoms with Crippen molar-refractivity contribution in [3.63, 3.8) is 0 Å². The number of rotatable bonds is 6. The monoisotopic (exact) mass is 401 g/mol. The van der Waals surface area contributed by atoms with Crippen LogP contribution in [0.3, 0.4) is 0 Å². The second-order valence-electron chi connectivity index (χ2n) is 7.14. The number of hydrogen-bond acceptors (Lipinski definition) is 3. The van der Waals surface area contributed by atoms with Crippen molar-refractivity contribution in [2.24, 2.45) is 0 Å². The second kappa shape index (κ2) is 9.49. The quantitative estimate of drug-likeness (QED) is 0.729. The molecule has 1 aliphatic rings. The molecule has 0 saturated carbocycles. The van der Waals surface area contributed by atoms with Gasteiger partial charge in [-0.15, -0.1) is 0 Å². The van der Waals surface area contributed by atoms with Crippen molar-refractivity contribution in [1.82, 2.24) is 5.32 Å². The molecule has 154 valence electrons. The SMILES string of the molecule is CCCN1CCCc2cc(CCNC(=O)C(=O)Nc3ccc(F)cc3F)ccc21. The number of hydrogen-bond donors (Lipinski definition) is 2. The molecule has 0 aliphatic carbocycles. The average molecular weight is 401 g/mol. The van der Waals surface area contributed by atoms with Crippen molar-refractivity contribution in [3.05, 3.63) is 59.2 Å². The summed E-state index contributed by atoms with van der Waals surface area (Å²) in [4.78, 5) is 26.2. The number of fused-ring (bicyclic) bond motifs is 1. The van der Waals surface area contributed by atoms with E-state index in [0.29, 0.717) is 12.5 Å². The number of nitrogens with one attached hydrogen (secondary N) is 2. The largest absolute Gasteiger partial charge is 0.371 e. The molecule has 0 aromatic heterocycles. The number of carbonyl (C=O) groups is 2. The van der Waals surface area contributed by atoms with Crippen LogP contribution in [-0.4, -0.2) is 31.4 Å². The minimum Gasteiger partial charge on any atom is -0.371 e. The summed E-state index contributed by atoms with van der Waals surface area (Å²) in [5.74, 6) is -3.54. The molecule has 2 amide bonds. The van der Waals surface area contributed by atoms with Gasteiger partial charge in [-0.05, 0) is 55.0 Å². The van der Waals surface area contributed by atoms with Gasteiger partial charge in [0, 0.05) is 31.4 Å². The first kappa shape index (κ1) is 20.8. The third kappa shape index (κ3) is 5.31. The van der Waals surface area contributed by atoms with Gasteiger partial charge in [-0.25, -0.2) is 8.78 Å². The van der Waals surface area contributed by atoms with Crippen molar-refractivity contribution in [2.75, 3.05) is 29.9 Å². The highest BCUT2D eigenvalue weighted by Crippen LogP contribution is 2.28. The molecule has 0 saturated heterocycles. The Labute approximate surface area is 169 Å². The van der Waals surface area contributed by atoms with Crippen molar-refractivity contribution >= 4 is 23.2 Å². The van der Waals surface area contributed by atoms with Crippen LogP contribution in [0.1, 0.15) is 30.9 Å². The Morgan fingerprint density at radius 3 is 2.69 bits per heavy atom. The molecular formula is C22H25F2N3O2. The molecule has 0 unspecified atom stereocenters. The molecular weight excluding hydrogens is 376 g/mol. The third-order valence-corrected chi connectivity index (χ3v) is 4.94. The van der Waals surface area contributed by atoms with Crippen LogP contribution in [-0.2, 0) is 22.4 Å². The van der Waals surface area contributed by atoms with Crippen LogP contribution in [0.15, 0.2) is 36.4 Å². The summed E-state index contributed by atoms with van der Waals surface area (Å²) in [7, 11) is 0. The van der Waals surface area contributed by atoms with Gasteiger partial charge in [0.25, 0.3) is 0 Å². The Hall–Kier alpha value is -2.96. The maximum Gasteiger partial charge on any atom is 0.313 e. The molecule has 7 heteroatoms. The molecule has 3 rings (SSSR count). The normalized spacial score (nSPS) is 13.0. The summed E-state index contributed by atoms with van der Waals surface area (Å²) in [6.45, 7) is 4.59. The number of anilines is 2. The molecule has 2 aromatic carbocycles. The summed E-state index contributed by atoms with van der Waals surface area (Å²) in [6, 6.07) is 9.07. The fourth-order valence-electron chi connectivity index (χ4n) is 3.56. The van der Waals surface area contributed by atoms with E-state index in [0.717, 1.165) is 50.0 Å². The molecule has 1 heterocycles. The summed E-state index contributed by atoms with van der Waals surface area (Å²) in [5, 5.41) is 4.68. The van der Waals surface area contributed by atoms with Gasteiger partial charge >= 0.3 is 11.8 Å². The van der Waals surface area contributed by atoms with E-state index in [1.165, 1.54) is 11.3 Å². The molecule has 2 aromatic rings. The summed E-state index contributed by atoms with van der Waals surface area (Å²) in [6.07, 6.45) is 3.87. The molecule has 0 bridgehead atoms. The van der Waals surface area contributed by atoms with Crippen molar-refractivity contribution in [3.8, 4) is 0 Å². The highest BCUT2D eigenvalue weighted by atomic mass is 19.1. The van der Waals surface area contributed by atoms with E-state index in [4.69, 9.17) is 0 Å². The maximum absolute atomic E-state index is 13.6. The molecule has 2 N–H and O–H groups in total. The van der Waals surface area contributed by atoms with Crippen LogP contribution in [0.4, 0.5) is 20.2 Å². The number of carbonyl (C=O) groups excluding carboxylic acids is 2. The minimum absolute atomic E-state index is 0.238. The predicted octanol–water partition coefficient (Wildman–Crippen LogP) is 3.42. The van der Waals surface area contributed by atoms with E-state index < -0.39 is 23.4 Å². The fourth-order valence-corrected chi connectivity index (χ4v) is 3.56. The van der Waals surface area contributed by atoms with Gasteiger partial charge in [0.1, 0.15) is 11.6 Å². The van der Waals surface area contributed by atoms with Gasteiger partial charge in [-0.3, -0.25) is 9.59 Å². The van der Waals surface area contributed by atoms with Crippen molar-refractivity contribution in [1.29, 1.82) is 0 Å². The summed E-state index contributed by atoms with van der Waals surface area (Å²) < 4.78 is 26.5. The number of amides is 2. The molecule has 29 heavy (non-hydrogen) atoms. The summed E-state index contributed by atoms with van der Waals surface area (Å²) >= 11 is 0. The standard InChI is InChI=1S/C22H25F2N3O2/c1-2-11-27-12-3-4-16-13-15(5-8-20(16)27)9-10-25-21(28)22(29)26-19-7-6-17(23)14-18(19)24/h5-8,13-14H,2-4,9-12H2,1H3,(H,25,28)(H,26,29). The van der Waals surface area contributed by atoms with Crippen LogP contribution in [0, 0.1) is 11.6 Å². The second-order valence-corrected chi connectivity index (χ2v) is 7.14. The highest BCUT2D eigenvalue weighted by molar-refractivity contribution is 6.39. The van der Waals surface area contributed by atoms with Crippen LogP contribution < -0.4 is 15.5 Å². The number of benzene rings is 2. The predicted molar refractivity (Wildman–Crippen MR) is 109 cm³/mol. The molecule has 1 aliphatic heterocycles. The van der Waals surface area contributed by atoms with Gasteiger partial charge in [-0.1, -0.05) is 19.1 Å². The topological polar surface area (TPSA) is 61.4 Å². The van der Waals surface area contributed by atoms with E-state index in [9.17, 15) is 18.4 Å². The maximum atomic E-state index is 13.6. The van der Waals surface area contributed by atoms with Crippen LogP contribution >= 0.6 is 0 Å². The first-order valence-corrected chi connectivity index (χ1v) is 9.89. The van der Waals surface area contributed by atoms with Gasteiger partial charge in [0.2, 0.25) is 0 Å². The Bertz CT molecular complexity index is 902. The number of nitrogens with zero attached hydrogens (tertiary/aromatic N) is 1. The lowest BCUT2D eigenvalue weighted by Gasteiger charge is -2.31. The lowest BCUT2D eigenvalue weighted by Crippen LogP contribution is -2.36. The minimum atomic E-state index is -0.990. The Kier molecular flexibility index (Phi) is 6.80. The lowest BCUT2D eigenvalue weighted by molar-refractivity contribution is -0.136. The smallest absolute Gasteiger partial charge is 0.313 e. The van der Waals surface area contributed by atoms with Gasteiger partial charge in [0.15, 0.2) is 0 Å². The Morgan fingerprint density at radius 1 is 1.10 bits per heavy atom. The molecule has 0 radical (unpaired) electrons. The molecule has 0 atom stereocenters. The van der Waals surface area contributed by atoms with Gasteiger partial charge in [-0.2, -0.15) is 0 Å². The Morgan fingerprint density at radius 2 is 1.93 bits per heavy atom. The van der Waals surface area contributed by atoms with Gasteiger partial charge in [0.05, 0.1) is 5.69 Å². The zero-order chi connectivity index (χ0) is 20.8. The lowest BCUT2D eigenvalue weighted by atomic mass is 9.98. The van der Waals surface area contributed by atoms with E-state index >= 15 is 0 Å². The fraction of sp³-hybridized carbons (Fsp3) is 0.364. The zero-order valence-electron chi connectivity index (χ0n) is 16.4. The van der Waals surface area contributed by atoms with Crippen molar-refractivity contribution < 1.29 is 18.4 Å². The third-order valence-electron chi connectivity index (χ3n) is 4.94. The average Bonchev–Trinajstić information content (AvgIpc) is 2.70. The van der Waals surface area contributed by atoms with E-state index in [1.54, 1.807) is 0 Å². The van der Waals surface area contributed by atoms with E-state index in [1.807, 2.05) is 6.07 Å². The van der Waals surface area contributed by atoms with Crippen LogP contribution in [0.2, 0.25) is 0 Å². The molecule has 0 spiro atoms. The zero-order valence-corrected chi connectivity index (χ0v) is 16.4. The number of aryl methyl sites for hydroxylation is 1. The van der Waals surface area contributed by atoms with E-state index in [-0.39, 0.29) is 12.2 Å². The summed E-state index contributed by atoms with van der Waals surface area (Å²) in [5.41, 5.74) is 3.45. The first-order chi connectivity index (χ1) is 14.0. The van der Waals surface area contributed by atoms with Crippen molar-refractivity contribution in [2.45, 2.75) is 32.6 Å². The van der Waals surface area contributed by atoms with E-state index in [2.05, 4.69) is 34.6 Å².